The number of nitrogens with zero attached hydrogens (tertiary/aromatic N) is 3. The number of hydrogen-bond acceptors (Lipinski definition) is 4. The van der Waals surface area contributed by atoms with Crippen LogP contribution in [0, 0.1) is 11.7 Å². The summed E-state index contributed by atoms with van der Waals surface area (Å²) in [5, 5.41) is 14.4. The predicted molar refractivity (Wildman–Crippen MR) is 93.5 cm³/mol. The summed E-state index contributed by atoms with van der Waals surface area (Å²) in [7, 11) is 0. The van der Waals surface area contributed by atoms with E-state index in [2.05, 4.69) is 10.00 Å². The molecule has 2 aromatic rings. The summed E-state index contributed by atoms with van der Waals surface area (Å²) in [6.07, 6.45) is 5.50. The number of aromatic nitrogens is 2. The van der Waals surface area contributed by atoms with Gasteiger partial charge in [-0.15, -0.1) is 0 Å². The maximum Gasteiger partial charge on any atom is 0.128 e. The fourth-order valence-electron chi connectivity index (χ4n) is 3.30. The van der Waals surface area contributed by atoms with Crippen molar-refractivity contribution in [2.75, 3.05) is 26.2 Å². The third kappa shape index (κ3) is 5.63. The van der Waals surface area contributed by atoms with E-state index < -0.39 is 6.10 Å². The van der Waals surface area contributed by atoms with Crippen LogP contribution in [0.4, 0.5) is 4.39 Å². The Hall–Kier alpha value is -1.76. The molecule has 1 atom stereocenters. The molecule has 0 aliphatic carbocycles. The second-order valence-electron chi connectivity index (χ2n) is 6.73. The van der Waals surface area contributed by atoms with Crippen LogP contribution in [0.1, 0.15) is 18.4 Å². The van der Waals surface area contributed by atoms with Gasteiger partial charge in [-0.3, -0.25) is 4.68 Å². The summed E-state index contributed by atoms with van der Waals surface area (Å²) in [5.41, 5.74) is 0.522. The van der Waals surface area contributed by atoms with E-state index in [4.69, 9.17) is 4.74 Å². The molecule has 3 rings (SSSR count). The Morgan fingerprint density at radius 2 is 2.04 bits per heavy atom. The average molecular weight is 347 g/mol. The smallest absolute Gasteiger partial charge is 0.128 e. The molecule has 0 spiro atoms. The highest BCUT2D eigenvalue weighted by Crippen LogP contribution is 2.19. The van der Waals surface area contributed by atoms with E-state index in [0.717, 1.165) is 32.5 Å². The van der Waals surface area contributed by atoms with Crippen LogP contribution in [0.15, 0.2) is 42.7 Å². The normalized spacial score (nSPS) is 17.7. The molecule has 1 aromatic heterocycles. The Morgan fingerprint density at radius 3 is 2.76 bits per heavy atom. The van der Waals surface area contributed by atoms with Crippen molar-refractivity contribution in [3.8, 4) is 0 Å². The van der Waals surface area contributed by atoms with Gasteiger partial charge in [0.25, 0.3) is 0 Å². The Labute approximate surface area is 148 Å². The van der Waals surface area contributed by atoms with Gasteiger partial charge in [-0.1, -0.05) is 18.2 Å². The lowest BCUT2D eigenvalue weighted by Gasteiger charge is -2.33. The van der Waals surface area contributed by atoms with Gasteiger partial charge in [-0.05, 0) is 44.0 Å². The van der Waals surface area contributed by atoms with Gasteiger partial charge < -0.3 is 14.7 Å². The lowest BCUT2D eigenvalue weighted by atomic mass is 9.96. The fourth-order valence-corrected chi connectivity index (χ4v) is 3.30. The molecule has 6 heteroatoms. The highest BCUT2D eigenvalue weighted by Gasteiger charge is 2.21. The van der Waals surface area contributed by atoms with Crippen molar-refractivity contribution < 1.29 is 14.2 Å². The van der Waals surface area contributed by atoms with Crippen molar-refractivity contribution in [3.63, 3.8) is 0 Å². The van der Waals surface area contributed by atoms with Crippen LogP contribution in [0.3, 0.4) is 0 Å². The van der Waals surface area contributed by atoms with Gasteiger partial charge in [0.1, 0.15) is 5.82 Å². The molecule has 1 fully saturated rings. The molecule has 2 heterocycles. The fraction of sp³-hybridized carbons (Fsp3) is 0.526. The van der Waals surface area contributed by atoms with Crippen LogP contribution in [-0.2, 0) is 17.9 Å². The maximum atomic E-state index is 13.5. The molecule has 1 aliphatic rings. The van der Waals surface area contributed by atoms with Gasteiger partial charge >= 0.3 is 0 Å². The number of aliphatic hydroxyl groups excluding tert-OH is 1. The first-order valence-corrected chi connectivity index (χ1v) is 8.89. The summed E-state index contributed by atoms with van der Waals surface area (Å²) >= 11 is 0. The van der Waals surface area contributed by atoms with Gasteiger partial charge in [0.15, 0.2) is 0 Å². The SMILES string of the molecule is OC(COCc1ccccc1F)CN1CCC(Cn2cccn2)CC1. The Balaban J connectivity index is 1.32. The molecule has 1 N–H and O–H groups in total. The summed E-state index contributed by atoms with van der Waals surface area (Å²) in [4.78, 5) is 2.27. The van der Waals surface area contributed by atoms with E-state index in [1.807, 2.05) is 23.1 Å². The third-order valence-corrected chi connectivity index (χ3v) is 4.71. The quantitative estimate of drug-likeness (QED) is 0.796. The van der Waals surface area contributed by atoms with Crippen LogP contribution in [-0.4, -0.2) is 52.1 Å². The first-order valence-electron chi connectivity index (χ1n) is 8.89. The zero-order valence-electron chi connectivity index (χ0n) is 14.4. The molecule has 1 aliphatic heterocycles. The van der Waals surface area contributed by atoms with Gasteiger partial charge in [-0.25, -0.2) is 4.39 Å². The standard InChI is InChI=1S/C19H26FN3O2/c20-19-5-2-1-4-17(19)14-25-15-18(24)13-22-10-6-16(7-11-22)12-23-9-3-8-21-23/h1-5,8-9,16,18,24H,6-7,10-15H2. The van der Waals surface area contributed by atoms with Crippen LogP contribution < -0.4 is 0 Å². The molecule has 0 bridgehead atoms. The van der Waals surface area contributed by atoms with E-state index >= 15 is 0 Å². The first kappa shape index (κ1) is 18.0. The van der Waals surface area contributed by atoms with Crippen LogP contribution in [0.2, 0.25) is 0 Å². The number of rotatable bonds is 8. The van der Waals surface area contributed by atoms with Crippen LogP contribution in [0.5, 0.6) is 0 Å². The highest BCUT2D eigenvalue weighted by molar-refractivity contribution is 5.16. The lowest BCUT2D eigenvalue weighted by molar-refractivity contribution is 0.00326. The van der Waals surface area contributed by atoms with Crippen molar-refractivity contribution in [1.29, 1.82) is 0 Å². The Kier molecular flexibility index (Phi) is 6.55. The molecule has 0 radical (unpaired) electrons. The molecule has 1 unspecified atom stereocenters. The number of piperidine rings is 1. The molecule has 0 saturated carbocycles. The average Bonchev–Trinajstić information content (AvgIpc) is 3.11. The summed E-state index contributed by atoms with van der Waals surface area (Å²) in [6.45, 7) is 3.95. The number of likely N-dealkylation sites (tertiary alicyclic amines) is 1. The molecule has 0 amide bonds. The maximum absolute atomic E-state index is 13.5. The lowest BCUT2D eigenvalue weighted by Crippen LogP contribution is -2.41. The Bertz CT molecular complexity index is 627. The number of ether oxygens (including phenoxy) is 1. The van der Waals surface area contributed by atoms with Crippen molar-refractivity contribution in [2.45, 2.75) is 32.1 Å². The summed E-state index contributed by atoms with van der Waals surface area (Å²) in [6, 6.07) is 8.51. The highest BCUT2D eigenvalue weighted by atomic mass is 19.1. The molecule has 5 nitrogen and oxygen atoms in total. The zero-order chi connectivity index (χ0) is 17.5. The molecular formula is C19H26FN3O2. The van der Waals surface area contributed by atoms with E-state index in [1.165, 1.54) is 6.07 Å². The number of β-amino-alcohol motifs (C(OH)–C–C–N with tert-alkyl or cyclic N) is 1. The first-order chi connectivity index (χ1) is 12.2. The van der Waals surface area contributed by atoms with Gasteiger partial charge in [0, 0.05) is 31.0 Å². The van der Waals surface area contributed by atoms with Crippen LogP contribution >= 0.6 is 0 Å². The minimum absolute atomic E-state index is 0.190. The molecule has 136 valence electrons. The van der Waals surface area contributed by atoms with E-state index in [9.17, 15) is 9.50 Å². The van der Waals surface area contributed by atoms with E-state index in [0.29, 0.717) is 18.0 Å². The van der Waals surface area contributed by atoms with Gasteiger partial charge in [0.05, 0.1) is 19.3 Å². The predicted octanol–water partition coefficient (Wildman–Crippen LogP) is 2.31. The molecule has 25 heavy (non-hydrogen) atoms. The molecule has 1 saturated heterocycles. The third-order valence-electron chi connectivity index (χ3n) is 4.71. The number of hydrogen-bond donors (Lipinski definition) is 1. The minimum Gasteiger partial charge on any atom is -0.389 e. The second kappa shape index (κ2) is 9.08. The number of halogens is 1. The number of benzene rings is 1. The van der Waals surface area contributed by atoms with Gasteiger partial charge in [0.2, 0.25) is 0 Å². The summed E-state index contributed by atoms with van der Waals surface area (Å²) in [5.74, 6) is 0.377. The summed E-state index contributed by atoms with van der Waals surface area (Å²) < 4.78 is 21.0. The van der Waals surface area contributed by atoms with Gasteiger partial charge in [-0.2, -0.15) is 5.10 Å². The zero-order valence-corrected chi connectivity index (χ0v) is 14.4. The van der Waals surface area contributed by atoms with Crippen LogP contribution in [0.25, 0.3) is 0 Å². The van der Waals surface area contributed by atoms with Crippen molar-refractivity contribution >= 4 is 0 Å². The topological polar surface area (TPSA) is 50.5 Å². The van der Waals surface area contributed by atoms with Crippen molar-refractivity contribution in [3.05, 3.63) is 54.1 Å². The van der Waals surface area contributed by atoms with Crippen molar-refractivity contribution in [1.82, 2.24) is 14.7 Å². The second-order valence-corrected chi connectivity index (χ2v) is 6.73. The minimum atomic E-state index is -0.547. The largest absolute Gasteiger partial charge is 0.389 e. The van der Waals surface area contributed by atoms with E-state index in [1.54, 1.807) is 18.2 Å². The Morgan fingerprint density at radius 1 is 1.24 bits per heavy atom. The number of aliphatic hydroxyl groups is 1. The van der Waals surface area contributed by atoms with E-state index in [-0.39, 0.29) is 19.0 Å². The molecular weight excluding hydrogens is 321 g/mol. The molecule has 1 aromatic carbocycles. The van der Waals surface area contributed by atoms with Crippen molar-refractivity contribution in [2.24, 2.45) is 5.92 Å². The monoisotopic (exact) mass is 347 g/mol.